The molecule has 0 radical (unpaired) electrons. The number of hydrogen-bond acceptors (Lipinski definition) is 6. The SMILES string of the molecule is CC(C)N(CCNC(=O)C1(C(=O)OC(C)(C)C)NCCc2cc(OCc3ccccc3)ccc21)C(C)C. The van der Waals surface area contributed by atoms with Crippen LogP contribution in [0.1, 0.15) is 65.2 Å². The fraction of sp³-hybridized carbons (Fsp3) is 0.533. The van der Waals surface area contributed by atoms with E-state index < -0.39 is 23.0 Å². The van der Waals surface area contributed by atoms with Crippen molar-refractivity contribution < 1.29 is 19.1 Å². The van der Waals surface area contributed by atoms with E-state index in [-0.39, 0.29) is 0 Å². The van der Waals surface area contributed by atoms with E-state index in [2.05, 4.69) is 43.2 Å². The Balaban J connectivity index is 1.87. The van der Waals surface area contributed by atoms with Gasteiger partial charge in [0.2, 0.25) is 5.54 Å². The average molecular weight is 510 g/mol. The van der Waals surface area contributed by atoms with E-state index in [0.717, 1.165) is 11.1 Å². The molecule has 7 nitrogen and oxygen atoms in total. The first-order valence-electron chi connectivity index (χ1n) is 13.3. The van der Waals surface area contributed by atoms with E-state index in [1.54, 1.807) is 0 Å². The largest absolute Gasteiger partial charge is 0.489 e. The lowest BCUT2D eigenvalue weighted by Gasteiger charge is -2.39. The molecule has 202 valence electrons. The van der Waals surface area contributed by atoms with Gasteiger partial charge in [0.05, 0.1) is 0 Å². The zero-order valence-electron chi connectivity index (χ0n) is 23.4. The topological polar surface area (TPSA) is 79.9 Å². The van der Waals surface area contributed by atoms with E-state index in [9.17, 15) is 9.59 Å². The first-order chi connectivity index (χ1) is 17.4. The van der Waals surface area contributed by atoms with E-state index in [0.29, 0.717) is 56.1 Å². The summed E-state index contributed by atoms with van der Waals surface area (Å²) < 4.78 is 11.8. The van der Waals surface area contributed by atoms with Gasteiger partial charge in [-0.25, -0.2) is 4.79 Å². The highest BCUT2D eigenvalue weighted by Crippen LogP contribution is 2.34. The van der Waals surface area contributed by atoms with Gasteiger partial charge in [0.25, 0.3) is 5.91 Å². The molecule has 2 N–H and O–H groups in total. The van der Waals surface area contributed by atoms with Gasteiger partial charge in [0, 0.05) is 31.7 Å². The molecule has 1 amide bonds. The molecule has 0 aromatic heterocycles. The van der Waals surface area contributed by atoms with Crippen molar-refractivity contribution in [3.05, 3.63) is 65.2 Å². The molecule has 2 aromatic carbocycles. The molecule has 3 rings (SSSR count). The van der Waals surface area contributed by atoms with E-state index in [1.807, 2.05) is 69.3 Å². The number of carbonyl (C=O) groups excluding carboxylic acids is 2. The second-order valence-corrected chi connectivity index (χ2v) is 11.2. The van der Waals surface area contributed by atoms with Gasteiger partial charge in [-0.1, -0.05) is 36.4 Å². The third kappa shape index (κ3) is 7.11. The average Bonchev–Trinajstić information content (AvgIpc) is 2.83. The Bertz CT molecular complexity index is 1050. The Morgan fingerprint density at radius 1 is 1.05 bits per heavy atom. The molecule has 1 aliphatic rings. The Morgan fingerprint density at radius 2 is 1.73 bits per heavy atom. The van der Waals surface area contributed by atoms with Crippen LogP contribution in [0.2, 0.25) is 0 Å². The lowest BCUT2D eigenvalue weighted by atomic mass is 9.81. The van der Waals surface area contributed by atoms with Gasteiger partial charge in [-0.2, -0.15) is 0 Å². The molecule has 0 saturated carbocycles. The standard InChI is InChI=1S/C30H43N3O4/c1-21(2)33(22(3)4)18-17-31-27(34)30(28(35)37-29(5,6)7)26-14-13-25(19-24(26)15-16-32-30)36-20-23-11-9-8-10-12-23/h8-14,19,21-22,32H,15-18,20H2,1-7H3,(H,31,34). The van der Waals surface area contributed by atoms with Gasteiger partial charge in [0.15, 0.2) is 0 Å². The first kappa shape index (κ1) is 28.7. The minimum absolute atomic E-state index is 0.347. The van der Waals surface area contributed by atoms with Crippen LogP contribution in [0.3, 0.4) is 0 Å². The van der Waals surface area contributed by atoms with Crippen LogP contribution in [0.25, 0.3) is 0 Å². The molecule has 1 aliphatic heterocycles. The zero-order valence-corrected chi connectivity index (χ0v) is 23.4. The molecule has 37 heavy (non-hydrogen) atoms. The molecule has 2 aromatic rings. The summed E-state index contributed by atoms with van der Waals surface area (Å²) in [6.07, 6.45) is 0.671. The minimum Gasteiger partial charge on any atom is -0.489 e. The molecule has 0 bridgehead atoms. The van der Waals surface area contributed by atoms with Crippen molar-refractivity contribution in [2.24, 2.45) is 0 Å². The van der Waals surface area contributed by atoms with E-state index in [4.69, 9.17) is 9.47 Å². The molecule has 1 atom stereocenters. The fourth-order valence-corrected chi connectivity index (χ4v) is 4.83. The third-order valence-corrected chi connectivity index (χ3v) is 6.54. The van der Waals surface area contributed by atoms with Crippen LogP contribution in [-0.4, -0.2) is 54.1 Å². The number of esters is 1. The number of rotatable bonds is 10. The maximum Gasteiger partial charge on any atom is 0.341 e. The minimum atomic E-state index is -1.63. The van der Waals surface area contributed by atoms with Gasteiger partial charge in [-0.05, 0) is 83.7 Å². The summed E-state index contributed by atoms with van der Waals surface area (Å²) >= 11 is 0. The Kier molecular flexibility index (Phi) is 9.37. The van der Waals surface area contributed by atoms with E-state index in [1.165, 1.54) is 0 Å². The van der Waals surface area contributed by atoms with Crippen molar-refractivity contribution in [1.82, 2.24) is 15.5 Å². The van der Waals surface area contributed by atoms with Crippen LogP contribution in [0.5, 0.6) is 5.75 Å². The van der Waals surface area contributed by atoms with Crippen LogP contribution >= 0.6 is 0 Å². The molecule has 7 heteroatoms. The number of carbonyl (C=O) groups is 2. The van der Waals surface area contributed by atoms with Crippen LogP contribution in [0, 0.1) is 0 Å². The molecule has 0 saturated heterocycles. The number of hydrogen-bond donors (Lipinski definition) is 2. The van der Waals surface area contributed by atoms with Gasteiger partial charge in [-0.3, -0.25) is 15.0 Å². The normalized spacial score (nSPS) is 17.6. The third-order valence-electron chi connectivity index (χ3n) is 6.54. The van der Waals surface area contributed by atoms with Crippen molar-refractivity contribution in [3.63, 3.8) is 0 Å². The molecule has 0 spiro atoms. The fourth-order valence-electron chi connectivity index (χ4n) is 4.83. The summed E-state index contributed by atoms with van der Waals surface area (Å²) in [5.41, 5.74) is 0.216. The smallest absolute Gasteiger partial charge is 0.341 e. The Labute approximate surface area is 221 Å². The van der Waals surface area contributed by atoms with Crippen LogP contribution in [-0.2, 0) is 32.9 Å². The van der Waals surface area contributed by atoms with Crippen molar-refractivity contribution in [2.75, 3.05) is 19.6 Å². The summed E-state index contributed by atoms with van der Waals surface area (Å²) in [4.78, 5) is 29.8. The number of benzene rings is 2. The summed E-state index contributed by atoms with van der Waals surface area (Å²) in [5.74, 6) is -0.290. The molecule has 1 unspecified atom stereocenters. The highest BCUT2D eigenvalue weighted by atomic mass is 16.6. The van der Waals surface area contributed by atoms with Crippen LogP contribution < -0.4 is 15.4 Å². The number of nitrogens with one attached hydrogen (secondary N) is 2. The van der Waals surface area contributed by atoms with Crippen molar-refractivity contribution >= 4 is 11.9 Å². The molecule has 0 aliphatic carbocycles. The van der Waals surface area contributed by atoms with E-state index >= 15 is 0 Å². The summed E-state index contributed by atoms with van der Waals surface area (Å²) in [6.45, 7) is 16.0. The number of ether oxygens (including phenoxy) is 2. The molecular formula is C30H43N3O4. The second kappa shape index (κ2) is 12.1. The molecule has 1 heterocycles. The van der Waals surface area contributed by atoms with Crippen molar-refractivity contribution in [1.29, 1.82) is 0 Å². The quantitative estimate of drug-likeness (QED) is 0.369. The Hall–Kier alpha value is -2.90. The Morgan fingerprint density at radius 3 is 2.35 bits per heavy atom. The number of amides is 1. The van der Waals surface area contributed by atoms with Crippen LogP contribution in [0.15, 0.2) is 48.5 Å². The number of nitrogens with zero attached hydrogens (tertiary/aromatic N) is 1. The highest BCUT2D eigenvalue weighted by molar-refractivity contribution is 6.09. The highest BCUT2D eigenvalue weighted by Gasteiger charge is 2.52. The van der Waals surface area contributed by atoms with Gasteiger partial charge >= 0.3 is 5.97 Å². The zero-order chi connectivity index (χ0) is 27.2. The van der Waals surface area contributed by atoms with Gasteiger partial charge in [-0.15, -0.1) is 0 Å². The summed E-state index contributed by atoms with van der Waals surface area (Å²) in [5, 5.41) is 6.26. The predicted octanol–water partition coefficient (Wildman–Crippen LogP) is 4.18. The summed E-state index contributed by atoms with van der Waals surface area (Å²) in [6, 6.07) is 16.2. The lowest BCUT2D eigenvalue weighted by Crippen LogP contribution is -2.63. The molecule has 0 fully saturated rings. The second-order valence-electron chi connectivity index (χ2n) is 11.2. The monoisotopic (exact) mass is 509 g/mol. The summed E-state index contributed by atoms with van der Waals surface area (Å²) in [7, 11) is 0. The van der Waals surface area contributed by atoms with Gasteiger partial charge in [0.1, 0.15) is 18.0 Å². The maximum absolute atomic E-state index is 13.8. The first-order valence-corrected chi connectivity index (χ1v) is 13.3. The van der Waals surface area contributed by atoms with Crippen molar-refractivity contribution in [2.45, 2.75) is 84.7 Å². The number of fused-ring (bicyclic) bond motifs is 1. The van der Waals surface area contributed by atoms with Gasteiger partial charge < -0.3 is 14.8 Å². The lowest BCUT2D eigenvalue weighted by molar-refractivity contribution is -0.167. The maximum atomic E-state index is 13.8. The van der Waals surface area contributed by atoms with Crippen LogP contribution in [0.4, 0.5) is 0 Å². The molecular weight excluding hydrogens is 466 g/mol. The predicted molar refractivity (Wildman–Crippen MR) is 146 cm³/mol. The van der Waals surface area contributed by atoms with Crippen molar-refractivity contribution in [3.8, 4) is 5.75 Å².